The Hall–Kier alpha value is -4.14. The summed E-state index contributed by atoms with van der Waals surface area (Å²) >= 11 is 1.46. The van der Waals surface area contributed by atoms with E-state index in [0.29, 0.717) is 0 Å². The fourth-order valence-corrected chi connectivity index (χ4v) is 4.80. The number of thiophene rings is 1. The van der Waals surface area contributed by atoms with Crippen LogP contribution in [0.15, 0.2) is 90.5 Å². The van der Waals surface area contributed by atoms with Gasteiger partial charge in [-0.05, 0) is 48.0 Å². The molecule has 5 rings (SSSR count). The third kappa shape index (κ3) is 3.29. The number of nitriles is 1. The predicted molar refractivity (Wildman–Crippen MR) is 125 cm³/mol. The molecule has 0 unspecified atom stereocenters. The topological polar surface area (TPSA) is 66.0 Å². The Kier molecular flexibility index (Phi) is 4.62. The van der Waals surface area contributed by atoms with Crippen molar-refractivity contribution in [2.24, 2.45) is 0 Å². The van der Waals surface area contributed by atoms with Crippen molar-refractivity contribution in [1.82, 2.24) is 4.57 Å². The zero-order valence-corrected chi connectivity index (χ0v) is 17.1. The number of para-hydroxylation sites is 2. The van der Waals surface area contributed by atoms with Crippen molar-refractivity contribution >= 4 is 45.2 Å². The van der Waals surface area contributed by atoms with Gasteiger partial charge in [-0.15, -0.1) is 11.3 Å². The van der Waals surface area contributed by atoms with Crippen molar-refractivity contribution < 1.29 is 9.90 Å². The lowest BCUT2D eigenvalue weighted by Crippen LogP contribution is -1.96. The Balaban J connectivity index is 1.55. The molecule has 5 heteroatoms. The van der Waals surface area contributed by atoms with Crippen LogP contribution >= 0.6 is 11.3 Å². The molecule has 0 saturated carbocycles. The van der Waals surface area contributed by atoms with Crippen molar-refractivity contribution in [1.29, 1.82) is 5.26 Å². The number of carbonyl (C=O) groups is 1. The first-order valence-electron chi connectivity index (χ1n) is 9.69. The summed E-state index contributed by atoms with van der Waals surface area (Å²) in [6.07, 6.45) is 1.41. The van der Waals surface area contributed by atoms with Crippen LogP contribution in [-0.4, -0.2) is 15.6 Å². The molecule has 0 aliphatic carbocycles. The standard InChI is InChI=1S/C26H16N2O2S/c27-16-18(26(29)30)15-20-13-14-25(31-20)17-9-11-19(12-10-17)28-23-7-3-1-5-21(23)22-6-2-4-8-24(22)28/h1-15H,(H,29,30). The summed E-state index contributed by atoms with van der Waals surface area (Å²) in [7, 11) is 0. The van der Waals surface area contributed by atoms with Gasteiger partial charge in [-0.25, -0.2) is 4.79 Å². The number of rotatable bonds is 4. The summed E-state index contributed by atoms with van der Waals surface area (Å²) in [4.78, 5) is 12.8. The second-order valence-electron chi connectivity index (χ2n) is 7.09. The van der Waals surface area contributed by atoms with Gasteiger partial charge in [0.1, 0.15) is 11.6 Å². The molecule has 3 aromatic carbocycles. The molecule has 0 aliphatic rings. The maximum Gasteiger partial charge on any atom is 0.346 e. The average Bonchev–Trinajstić information content (AvgIpc) is 3.40. The molecular formula is C26H16N2O2S. The van der Waals surface area contributed by atoms with E-state index in [2.05, 4.69) is 77.4 Å². The maximum atomic E-state index is 11.1. The molecule has 0 bridgehead atoms. The molecule has 0 aliphatic heterocycles. The van der Waals surface area contributed by atoms with E-state index in [1.807, 2.05) is 12.1 Å². The number of benzene rings is 3. The van der Waals surface area contributed by atoms with E-state index in [9.17, 15) is 4.79 Å². The van der Waals surface area contributed by atoms with Crippen LogP contribution in [0.3, 0.4) is 0 Å². The lowest BCUT2D eigenvalue weighted by atomic mass is 10.1. The Morgan fingerprint density at radius 2 is 1.48 bits per heavy atom. The summed E-state index contributed by atoms with van der Waals surface area (Å²) in [6, 6.07) is 30.6. The molecule has 2 heterocycles. The maximum absolute atomic E-state index is 11.1. The van der Waals surface area contributed by atoms with Crippen molar-refractivity contribution in [3.8, 4) is 22.2 Å². The molecule has 1 N–H and O–H groups in total. The number of aliphatic carboxylic acids is 1. The Bertz CT molecular complexity index is 1460. The van der Waals surface area contributed by atoms with Crippen molar-refractivity contribution in [3.63, 3.8) is 0 Å². The van der Waals surface area contributed by atoms with Gasteiger partial charge in [0.05, 0.1) is 11.0 Å². The van der Waals surface area contributed by atoms with E-state index in [1.54, 1.807) is 6.07 Å². The van der Waals surface area contributed by atoms with Crippen LogP contribution < -0.4 is 0 Å². The lowest BCUT2D eigenvalue weighted by Gasteiger charge is -2.08. The van der Waals surface area contributed by atoms with Gasteiger partial charge in [0.25, 0.3) is 0 Å². The number of hydrogen-bond acceptors (Lipinski definition) is 3. The highest BCUT2D eigenvalue weighted by Crippen LogP contribution is 2.34. The minimum absolute atomic E-state index is 0.268. The molecule has 0 fully saturated rings. The van der Waals surface area contributed by atoms with Gasteiger partial charge in [-0.2, -0.15) is 5.26 Å². The van der Waals surface area contributed by atoms with Crippen LogP contribution in [0, 0.1) is 11.3 Å². The molecule has 0 amide bonds. The van der Waals surface area contributed by atoms with Gasteiger partial charge in [-0.3, -0.25) is 0 Å². The normalized spacial score (nSPS) is 11.6. The first-order chi connectivity index (χ1) is 15.2. The van der Waals surface area contributed by atoms with E-state index < -0.39 is 5.97 Å². The zero-order valence-electron chi connectivity index (χ0n) is 16.3. The van der Waals surface area contributed by atoms with Crippen molar-refractivity contribution in [3.05, 3.63) is 95.4 Å². The molecule has 5 aromatic rings. The van der Waals surface area contributed by atoms with E-state index >= 15 is 0 Å². The first kappa shape index (κ1) is 18.9. The van der Waals surface area contributed by atoms with Gasteiger partial charge < -0.3 is 9.67 Å². The van der Waals surface area contributed by atoms with Crippen LogP contribution in [0.4, 0.5) is 0 Å². The number of fused-ring (bicyclic) bond motifs is 3. The summed E-state index contributed by atoms with van der Waals surface area (Å²) in [5.74, 6) is -1.21. The molecule has 0 radical (unpaired) electrons. The zero-order chi connectivity index (χ0) is 21.4. The van der Waals surface area contributed by atoms with Crippen LogP contribution in [0.25, 0.3) is 44.0 Å². The summed E-state index contributed by atoms with van der Waals surface area (Å²) in [5.41, 5.74) is 4.18. The average molecular weight is 420 g/mol. The molecule has 31 heavy (non-hydrogen) atoms. The fraction of sp³-hybridized carbons (Fsp3) is 0. The molecular weight excluding hydrogens is 404 g/mol. The number of hydrogen-bond donors (Lipinski definition) is 1. The van der Waals surface area contributed by atoms with Gasteiger partial charge >= 0.3 is 5.97 Å². The smallest absolute Gasteiger partial charge is 0.346 e. The highest BCUT2D eigenvalue weighted by atomic mass is 32.1. The van der Waals surface area contributed by atoms with Gasteiger partial charge in [0.15, 0.2) is 0 Å². The van der Waals surface area contributed by atoms with E-state index in [-0.39, 0.29) is 5.57 Å². The summed E-state index contributed by atoms with van der Waals surface area (Å²) in [6.45, 7) is 0. The lowest BCUT2D eigenvalue weighted by molar-refractivity contribution is -0.132. The number of aromatic nitrogens is 1. The second kappa shape index (κ2) is 7.60. The minimum Gasteiger partial charge on any atom is -0.477 e. The third-order valence-corrected chi connectivity index (χ3v) is 6.34. The highest BCUT2D eigenvalue weighted by molar-refractivity contribution is 7.16. The van der Waals surface area contributed by atoms with Gasteiger partial charge in [0, 0.05) is 26.2 Å². The highest BCUT2D eigenvalue weighted by Gasteiger charge is 2.12. The van der Waals surface area contributed by atoms with Crippen LogP contribution in [-0.2, 0) is 4.79 Å². The molecule has 0 saturated heterocycles. The van der Waals surface area contributed by atoms with Crippen molar-refractivity contribution in [2.75, 3.05) is 0 Å². The second-order valence-corrected chi connectivity index (χ2v) is 8.21. The summed E-state index contributed by atoms with van der Waals surface area (Å²) < 4.78 is 2.27. The first-order valence-corrected chi connectivity index (χ1v) is 10.5. The van der Waals surface area contributed by atoms with Gasteiger partial charge in [0.2, 0.25) is 0 Å². The predicted octanol–water partition coefficient (Wildman–Crippen LogP) is 6.50. The largest absolute Gasteiger partial charge is 0.477 e. The Morgan fingerprint density at radius 1 is 0.871 bits per heavy atom. The van der Waals surface area contributed by atoms with E-state index in [1.165, 1.54) is 28.2 Å². The molecule has 0 spiro atoms. The SMILES string of the molecule is N#CC(=Cc1ccc(-c2ccc(-n3c4ccccc4c4ccccc43)cc2)s1)C(=O)O. The number of carboxylic acids is 1. The number of carboxylic acid groups (broad SMARTS) is 1. The van der Waals surface area contributed by atoms with Crippen LogP contribution in [0.1, 0.15) is 4.88 Å². The van der Waals surface area contributed by atoms with Crippen molar-refractivity contribution in [2.45, 2.75) is 0 Å². The molecule has 148 valence electrons. The van der Waals surface area contributed by atoms with Crippen LogP contribution in [0.5, 0.6) is 0 Å². The fourth-order valence-electron chi connectivity index (χ4n) is 3.85. The van der Waals surface area contributed by atoms with E-state index in [0.717, 1.165) is 32.0 Å². The van der Waals surface area contributed by atoms with E-state index in [4.69, 9.17) is 10.4 Å². The monoisotopic (exact) mass is 420 g/mol. The third-order valence-electron chi connectivity index (χ3n) is 5.25. The van der Waals surface area contributed by atoms with Gasteiger partial charge in [-0.1, -0.05) is 48.5 Å². The van der Waals surface area contributed by atoms with Crippen LogP contribution in [0.2, 0.25) is 0 Å². The Morgan fingerprint density at radius 3 is 2.06 bits per heavy atom. The molecule has 2 aromatic heterocycles. The molecule has 4 nitrogen and oxygen atoms in total. The molecule has 0 atom stereocenters. The number of nitrogens with zero attached hydrogens (tertiary/aromatic N) is 2. The summed E-state index contributed by atoms with van der Waals surface area (Å²) in [5, 5.41) is 20.4. The quantitative estimate of drug-likeness (QED) is 0.266. The Labute approximate surface area is 182 Å². The minimum atomic E-state index is -1.21.